The van der Waals surface area contributed by atoms with E-state index in [1.165, 1.54) is 21.5 Å². The maximum atomic E-state index is 9.97. The lowest BCUT2D eigenvalue weighted by Crippen LogP contribution is -1.95. The molecule has 9 rings (SSSR count). The van der Waals surface area contributed by atoms with Crippen LogP contribution < -0.4 is 0 Å². The fourth-order valence-corrected chi connectivity index (χ4v) is 7.23. The van der Waals surface area contributed by atoms with E-state index >= 15 is 0 Å². The van der Waals surface area contributed by atoms with Gasteiger partial charge in [-0.25, -0.2) is 4.85 Å². The van der Waals surface area contributed by atoms with E-state index < -0.39 is 0 Å². The minimum atomic E-state index is 0.352. The van der Waals surface area contributed by atoms with E-state index in [2.05, 4.69) is 166 Å². The van der Waals surface area contributed by atoms with Crippen molar-refractivity contribution < 1.29 is 0 Å². The highest BCUT2D eigenvalue weighted by atomic mass is 15.0. The number of hydrogen-bond acceptors (Lipinski definition) is 1. The molecule has 0 saturated heterocycles. The summed E-state index contributed by atoms with van der Waals surface area (Å²) in [5, 5.41) is 14.8. The molecular weight excluding hydrogens is 585 g/mol. The molecule has 0 fully saturated rings. The zero-order valence-electron chi connectivity index (χ0n) is 25.8. The summed E-state index contributed by atoms with van der Waals surface area (Å²) in [6.07, 6.45) is 0. The fourth-order valence-electron chi connectivity index (χ4n) is 7.23. The van der Waals surface area contributed by atoms with Gasteiger partial charge in [0.25, 0.3) is 0 Å². The summed E-state index contributed by atoms with van der Waals surface area (Å²) in [5.74, 6) is 0. The van der Waals surface area contributed by atoms with E-state index in [1.807, 2.05) is 12.1 Å². The molecule has 222 valence electrons. The third-order valence-electron chi connectivity index (χ3n) is 9.41. The second-order valence-corrected chi connectivity index (χ2v) is 12.0. The SMILES string of the molecule is [C-]#[N+]c1cc(-c2ccc(-n3c4ccccc4c4ccccc43)cc2)c(-c2ccc(-n3c4ccccc4c4ccccc43)cc2)cc1C#N. The van der Waals surface area contributed by atoms with Crippen LogP contribution in [-0.4, -0.2) is 9.13 Å². The molecule has 48 heavy (non-hydrogen) atoms. The Hall–Kier alpha value is -6.88. The van der Waals surface area contributed by atoms with Gasteiger partial charge >= 0.3 is 0 Å². The maximum absolute atomic E-state index is 9.97. The van der Waals surface area contributed by atoms with Crippen molar-refractivity contribution in [1.82, 2.24) is 9.13 Å². The van der Waals surface area contributed by atoms with Crippen LogP contribution in [0.3, 0.4) is 0 Å². The van der Waals surface area contributed by atoms with Crippen LogP contribution in [0.5, 0.6) is 0 Å². The molecule has 0 aliphatic rings. The highest BCUT2D eigenvalue weighted by Gasteiger charge is 2.17. The fraction of sp³-hybridized carbons (Fsp3) is 0. The van der Waals surface area contributed by atoms with Gasteiger partial charge in [0.15, 0.2) is 0 Å². The second-order valence-electron chi connectivity index (χ2n) is 12.0. The van der Waals surface area contributed by atoms with Crippen molar-refractivity contribution in [1.29, 1.82) is 5.26 Å². The Morgan fingerprint density at radius 3 is 1.17 bits per heavy atom. The van der Waals surface area contributed by atoms with E-state index in [-0.39, 0.29) is 0 Å². The van der Waals surface area contributed by atoms with Gasteiger partial charge in [-0.3, -0.25) is 0 Å². The molecule has 0 unspecified atom stereocenters. The van der Waals surface area contributed by atoms with Crippen molar-refractivity contribution in [2.24, 2.45) is 0 Å². The Labute approximate surface area is 277 Å². The molecule has 0 bridgehead atoms. The van der Waals surface area contributed by atoms with Crippen LogP contribution >= 0.6 is 0 Å². The van der Waals surface area contributed by atoms with Crippen LogP contribution in [0.25, 0.3) is 82.1 Å². The maximum Gasteiger partial charge on any atom is 0.205 e. The molecular formula is C44H26N4. The second kappa shape index (κ2) is 10.9. The molecule has 0 aliphatic carbocycles. The highest BCUT2D eigenvalue weighted by molar-refractivity contribution is 6.10. The van der Waals surface area contributed by atoms with Gasteiger partial charge in [0.2, 0.25) is 5.69 Å². The summed E-state index contributed by atoms with van der Waals surface area (Å²) in [4.78, 5) is 3.71. The van der Waals surface area contributed by atoms with Crippen molar-refractivity contribution in [2.75, 3.05) is 0 Å². The van der Waals surface area contributed by atoms with Crippen LogP contribution in [0.15, 0.2) is 158 Å². The van der Waals surface area contributed by atoms with E-state index in [0.29, 0.717) is 11.3 Å². The van der Waals surface area contributed by atoms with Crippen molar-refractivity contribution >= 4 is 49.3 Å². The average Bonchev–Trinajstić information content (AvgIpc) is 3.68. The molecule has 2 heterocycles. The number of nitrogens with zero attached hydrogens (tertiary/aromatic N) is 4. The monoisotopic (exact) mass is 610 g/mol. The Morgan fingerprint density at radius 1 is 0.458 bits per heavy atom. The third kappa shape index (κ3) is 4.14. The molecule has 7 aromatic carbocycles. The predicted molar refractivity (Wildman–Crippen MR) is 197 cm³/mol. The van der Waals surface area contributed by atoms with E-state index in [0.717, 1.165) is 55.7 Å². The summed E-state index contributed by atoms with van der Waals surface area (Å²) >= 11 is 0. The minimum Gasteiger partial charge on any atom is -0.309 e. The van der Waals surface area contributed by atoms with Gasteiger partial charge in [-0.2, -0.15) is 5.26 Å². The Morgan fingerprint density at radius 2 is 0.812 bits per heavy atom. The lowest BCUT2D eigenvalue weighted by Gasteiger charge is -2.15. The zero-order valence-corrected chi connectivity index (χ0v) is 25.8. The molecule has 0 saturated carbocycles. The number of fused-ring (bicyclic) bond motifs is 6. The molecule has 4 nitrogen and oxygen atoms in total. The van der Waals surface area contributed by atoms with E-state index in [4.69, 9.17) is 6.57 Å². The number of benzene rings is 7. The molecule has 0 spiro atoms. The van der Waals surface area contributed by atoms with Crippen LogP contribution in [0.4, 0.5) is 5.69 Å². The topological polar surface area (TPSA) is 38.0 Å². The van der Waals surface area contributed by atoms with Gasteiger partial charge in [-0.15, -0.1) is 0 Å². The zero-order chi connectivity index (χ0) is 32.2. The van der Waals surface area contributed by atoms with Gasteiger partial charge in [-0.05, 0) is 82.9 Å². The summed E-state index contributed by atoms with van der Waals surface area (Å²) in [6, 6.07) is 56.9. The third-order valence-corrected chi connectivity index (χ3v) is 9.41. The smallest absolute Gasteiger partial charge is 0.205 e. The van der Waals surface area contributed by atoms with Gasteiger partial charge < -0.3 is 9.13 Å². The van der Waals surface area contributed by atoms with Gasteiger partial charge in [-0.1, -0.05) is 97.1 Å². The standard InChI is InChI=1S/C44H26N4/c1-46-40-27-39(30-20-24-33(25-21-30)48-43-16-8-4-12-36(43)37-13-5-9-17-44(37)48)38(26-31(40)28-45)29-18-22-32(23-19-29)47-41-14-6-2-10-34(41)35-11-3-7-15-42(35)47/h2-27H. The minimum absolute atomic E-state index is 0.352. The molecule has 0 atom stereocenters. The molecule has 0 N–H and O–H groups in total. The average molecular weight is 611 g/mol. The molecule has 0 amide bonds. The predicted octanol–water partition coefficient (Wildman–Crippen LogP) is 11.6. The number of hydrogen-bond donors (Lipinski definition) is 0. The molecule has 2 aromatic heterocycles. The number of rotatable bonds is 4. The molecule has 4 heteroatoms. The van der Waals surface area contributed by atoms with Crippen molar-refractivity contribution in [2.45, 2.75) is 0 Å². The number of nitriles is 1. The summed E-state index contributed by atoms with van der Waals surface area (Å²) in [7, 11) is 0. The van der Waals surface area contributed by atoms with E-state index in [1.54, 1.807) is 0 Å². The van der Waals surface area contributed by atoms with Crippen molar-refractivity contribution in [3.63, 3.8) is 0 Å². The molecule has 9 aromatic rings. The summed E-state index contributed by atoms with van der Waals surface area (Å²) in [5.41, 5.74) is 11.3. The lowest BCUT2D eigenvalue weighted by atomic mass is 9.91. The highest BCUT2D eigenvalue weighted by Crippen LogP contribution is 2.40. The van der Waals surface area contributed by atoms with Crippen molar-refractivity contribution in [3.8, 4) is 39.7 Å². The largest absolute Gasteiger partial charge is 0.309 e. The Balaban J connectivity index is 1.17. The molecule has 0 radical (unpaired) electrons. The lowest BCUT2D eigenvalue weighted by molar-refractivity contribution is 1.18. The van der Waals surface area contributed by atoms with Gasteiger partial charge in [0, 0.05) is 32.9 Å². The normalized spacial score (nSPS) is 11.3. The Bertz CT molecular complexity index is 2480. The first kappa shape index (κ1) is 27.4. The van der Waals surface area contributed by atoms with Gasteiger partial charge in [0.1, 0.15) is 0 Å². The van der Waals surface area contributed by atoms with Crippen LogP contribution in [0.2, 0.25) is 0 Å². The Kier molecular flexibility index (Phi) is 6.22. The van der Waals surface area contributed by atoms with Crippen LogP contribution in [0, 0.1) is 17.9 Å². The summed E-state index contributed by atoms with van der Waals surface area (Å²) in [6.45, 7) is 7.81. The number of aromatic nitrogens is 2. The quantitative estimate of drug-likeness (QED) is 0.183. The first-order valence-corrected chi connectivity index (χ1v) is 15.9. The van der Waals surface area contributed by atoms with Crippen LogP contribution in [0.1, 0.15) is 5.56 Å². The molecule has 0 aliphatic heterocycles. The number of para-hydroxylation sites is 4. The van der Waals surface area contributed by atoms with Gasteiger partial charge in [0.05, 0.1) is 40.3 Å². The van der Waals surface area contributed by atoms with Crippen LogP contribution in [-0.2, 0) is 0 Å². The van der Waals surface area contributed by atoms with Crippen molar-refractivity contribution in [3.05, 3.63) is 175 Å². The summed E-state index contributed by atoms with van der Waals surface area (Å²) < 4.78 is 4.59. The first-order chi connectivity index (χ1) is 23.7. The van der Waals surface area contributed by atoms with E-state index in [9.17, 15) is 5.26 Å². The first-order valence-electron chi connectivity index (χ1n) is 15.9.